The number of aromatic nitrogens is 1. The number of nitrogens with zero attached hydrogens (tertiary/aromatic N) is 1. The van der Waals surface area contributed by atoms with Crippen molar-refractivity contribution in [3.05, 3.63) is 28.5 Å². The summed E-state index contributed by atoms with van der Waals surface area (Å²) in [6, 6.07) is 3.27. The van der Waals surface area contributed by atoms with Crippen LogP contribution in [0.5, 0.6) is 0 Å². The third-order valence-corrected chi connectivity index (χ3v) is 1.96. The number of amides is 1. The summed E-state index contributed by atoms with van der Waals surface area (Å²) < 4.78 is 0.460. The smallest absolute Gasteiger partial charge is 0.267 e. The lowest BCUT2D eigenvalue weighted by atomic mass is 10.3. The van der Waals surface area contributed by atoms with Gasteiger partial charge in [-0.3, -0.25) is 9.63 Å². The first kappa shape index (κ1) is 10.7. The van der Waals surface area contributed by atoms with Gasteiger partial charge in [0.15, 0.2) is 0 Å². The van der Waals surface area contributed by atoms with Crippen LogP contribution >= 0.6 is 15.9 Å². The van der Waals surface area contributed by atoms with Gasteiger partial charge >= 0.3 is 0 Å². The zero-order valence-corrected chi connectivity index (χ0v) is 8.74. The first-order chi connectivity index (χ1) is 6.75. The van der Waals surface area contributed by atoms with Gasteiger partial charge in [-0.25, -0.2) is 10.5 Å². The zero-order valence-electron chi connectivity index (χ0n) is 7.16. The Bertz CT molecular complexity index is 373. The molecule has 0 saturated carbocycles. The monoisotopic (exact) mass is 254 g/mol. The Morgan fingerprint density at radius 2 is 2.57 bits per heavy atom. The summed E-state index contributed by atoms with van der Waals surface area (Å²) in [6.45, 7) is 0.0314. The molecule has 1 N–H and O–H groups in total. The van der Waals surface area contributed by atoms with Gasteiger partial charge in [0.05, 0.1) is 5.56 Å². The third kappa shape index (κ3) is 2.83. The van der Waals surface area contributed by atoms with Crippen molar-refractivity contribution < 1.29 is 9.63 Å². The molecule has 5 heteroatoms. The molecule has 1 heterocycles. The number of rotatable bonds is 3. The number of hydroxylamine groups is 1. The zero-order chi connectivity index (χ0) is 10.4. The molecule has 14 heavy (non-hydrogen) atoms. The van der Waals surface area contributed by atoms with Gasteiger partial charge in [0, 0.05) is 6.20 Å². The van der Waals surface area contributed by atoms with Crippen LogP contribution < -0.4 is 5.48 Å². The summed E-state index contributed by atoms with van der Waals surface area (Å²) in [5.41, 5.74) is 2.58. The van der Waals surface area contributed by atoms with Gasteiger partial charge in [0.25, 0.3) is 5.91 Å². The number of nitrogens with one attached hydrogen (secondary N) is 1. The van der Waals surface area contributed by atoms with Crippen LogP contribution in [0.1, 0.15) is 10.4 Å². The third-order valence-electron chi connectivity index (χ3n) is 1.32. The van der Waals surface area contributed by atoms with Gasteiger partial charge in [-0.15, -0.1) is 6.42 Å². The maximum Gasteiger partial charge on any atom is 0.277 e. The molecule has 0 unspecified atom stereocenters. The molecule has 0 aromatic carbocycles. The van der Waals surface area contributed by atoms with Crippen molar-refractivity contribution in [3.63, 3.8) is 0 Å². The molecule has 1 aromatic rings. The van der Waals surface area contributed by atoms with Crippen LogP contribution in [-0.2, 0) is 4.84 Å². The minimum Gasteiger partial charge on any atom is -0.267 e. The molecule has 1 aromatic heterocycles. The van der Waals surface area contributed by atoms with E-state index in [0.717, 1.165) is 0 Å². The molecule has 0 spiro atoms. The predicted molar refractivity (Wildman–Crippen MR) is 54.2 cm³/mol. The van der Waals surface area contributed by atoms with E-state index in [2.05, 4.69) is 37.2 Å². The molecule has 0 radical (unpaired) electrons. The highest BCUT2D eigenvalue weighted by atomic mass is 79.9. The van der Waals surface area contributed by atoms with Crippen molar-refractivity contribution in [2.75, 3.05) is 6.61 Å². The van der Waals surface area contributed by atoms with Crippen LogP contribution in [-0.4, -0.2) is 17.5 Å². The molecule has 0 bridgehead atoms. The SMILES string of the molecule is C#CCONC(=O)c1cccnc1Br. The summed E-state index contributed by atoms with van der Waals surface area (Å²) in [7, 11) is 0. The van der Waals surface area contributed by atoms with Crippen molar-refractivity contribution in [2.45, 2.75) is 0 Å². The summed E-state index contributed by atoms with van der Waals surface area (Å²) >= 11 is 3.14. The fraction of sp³-hybridized carbons (Fsp3) is 0.111. The van der Waals surface area contributed by atoms with E-state index in [1.165, 1.54) is 0 Å². The Balaban J connectivity index is 2.62. The van der Waals surface area contributed by atoms with E-state index in [-0.39, 0.29) is 12.5 Å². The number of hydrogen-bond acceptors (Lipinski definition) is 3. The molecule has 0 aliphatic carbocycles. The molecule has 0 aliphatic rings. The lowest BCUT2D eigenvalue weighted by Gasteiger charge is -2.03. The molecule has 1 amide bonds. The van der Waals surface area contributed by atoms with E-state index in [9.17, 15) is 4.79 Å². The highest BCUT2D eigenvalue weighted by molar-refractivity contribution is 9.10. The van der Waals surface area contributed by atoms with Crippen molar-refractivity contribution in [1.82, 2.24) is 10.5 Å². The number of pyridine rings is 1. The van der Waals surface area contributed by atoms with E-state index in [4.69, 9.17) is 6.42 Å². The Morgan fingerprint density at radius 1 is 1.79 bits per heavy atom. The van der Waals surface area contributed by atoms with E-state index < -0.39 is 0 Å². The summed E-state index contributed by atoms with van der Waals surface area (Å²) in [4.78, 5) is 19.9. The highest BCUT2D eigenvalue weighted by Gasteiger charge is 2.09. The Kier molecular flexibility index (Phi) is 4.11. The lowest BCUT2D eigenvalue weighted by molar-refractivity contribution is 0.0437. The van der Waals surface area contributed by atoms with E-state index in [1.807, 2.05) is 0 Å². The average Bonchev–Trinajstić information content (AvgIpc) is 2.18. The molecular formula is C9H7BrN2O2. The first-order valence-electron chi connectivity index (χ1n) is 3.72. The largest absolute Gasteiger partial charge is 0.277 e. The highest BCUT2D eigenvalue weighted by Crippen LogP contribution is 2.11. The normalized spacial score (nSPS) is 9.14. The van der Waals surface area contributed by atoms with Crippen molar-refractivity contribution in [1.29, 1.82) is 0 Å². The van der Waals surface area contributed by atoms with E-state index >= 15 is 0 Å². The van der Waals surface area contributed by atoms with Gasteiger partial charge < -0.3 is 0 Å². The molecule has 0 saturated heterocycles. The number of hydrogen-bond donors (Lipinski definition) is 1. The van der Waals surface area contributed by atoms with Crippen LogP contribution in [0.2, 0.25) is 0 Å². The predicted octanol–water partition coefficient (Wildman–Crippen LogP) is 1.14. The standard InChI is InChI=1S/C9H7BrN2O2/c1-2-6-14-12-9(13)7-4-3-5-11-8(7)10/h1,3-5H,6H2,(H,12,13). The minimum atomic E-state index is -0.389. The second-order valence-corrected chi connectivity index (χ2v) is 3.02. The molecule has 1 rings (SSSR count). The fourth-order valence-electron chi connectivity index (χ4n) is 0.754. The van der Waals surface area contributed by atoms with Gasteiger partial charge in [-0.05, 0) is 28.1 Å². The van der Waals surface area contributed by atoms with E-state index in [1.54, 1.807) is 18.3 Å². The number of carbonyl (C=O) groups excluding carboxylic acids is 1. The quantitative estimate of drug-likeness (QED) is 0.381. The van der Waals surface area contributed by atoms with Gasteiger partial charge in [-0.1, -0.05) is 5.92 Å². The van der Waals surface area contributed by atoms with Crippen molar-refractivity contribution >= 4 is 21.8 Å². The van der Waals surface area contributed by atoms with Gasteiger partial charge in [-0.2, -0.15) is 0 Å². The van der Waals surface area contributed by atoms with Crippen LogP contribution in [0.15, 0.2) is 22.9 Å². The minimum absolute atomic E-state index is 0.0314. The second kappa shape index (κ2) is 5.37. The van der Waals surface area contributed by atoms with Crippen LogP contribution in [0.3, 0.4) is 0 Å². The van der Waals surface area contributed by atoms with Crippen LogP contribution in [0, 0.1) is 12.3 Å². The van der Waals surface area contributed by atoms with Gasteiger partial charge in [0.2, 0.25) is 0 Å². The summed E-state index contributed by atoms with van der Waals surface area (Å²) in [5, 5.41) is 0. The molecule has 0 fully saturated rings. The summed E-state index contributed by atoms with van der Waals surface area (Å²) in [6.07, 6.45) is 6.51. The Morgan fingerprint density at radius 3 is 3.21 bits per heavy atom. The summed E-state index contributed by atoms with van der Waals surface area (Å²) in [5.74, 6) is 1.84. The van der Waals surface area contributed by atoms with Crippen LogP contribution in [0.4, 0.5) is 0 Å². The molecule has 4 nitrogen and oxygen atoms in total. The first-order valence-corrected chi connectivity index (χ1v) is 4.51. The number of halogens is 1. The molecule has 0 aliphatic heterocycles. The van der Waals surface area contributed by atoms with Crippen molar-refractivity contribution in [2.24, 2.45) is 0 Å². The molecule has 0 atom stereocenters. The number of terminal acetylenes is 1. The average molecular weight is 255 g/mol. The maximum atomic E-state index is 11.4. The topological polar surface area (TPSA) is 51.2 Å². The van der Waals surface area contributed by atoms with Gasteiger partial charge in [0.1, 0.15) is 11.2 Å². The lowest BCUT2D eigenvalue weighted by Crippen LogP contribution is -2.24. The second-order valence-electron chi connectivity index (χ2n) is 2.27. The molecular weight excluding hydrogens is 248 g/mol. The Hall–Kier alpha value is -1.38. The molecule has 72 valence electrons. The maximum absolute atomic E-state index is 11.4. The van der Waals surface area contributed by atoms with Crippen molar-refractivity contribution in [3.8, 4) is 12.3 Å². The van der Waals surface area contributed by atoms with Crippen LogP contribution in [0.25, 0.3) is 0 Å². The number of carbonyl (C=O) groups is 1. The fourth-order valence-corrected chi connectivity index (χ4v) is 1.18. The van der Waals surface area contributed by atoms with E-state index in [0.29, 0.717) is 10.2 Å². The Labute approximate surface area is 89.8 Å².